The first-order valence-corrected chi connectivity index (χ1v) is 9.05. The van der Waals surface area contributed by atoms with Crippen LogP contribution in [0.1, 0.15) is 5.56 Å². The van der Waals surface area contributed by atoms with Crippen LogP contribution in [0.15, 0.2) is 65.8 Å². The van der Waals surface area contributed by atoms with Crippen molar-refractivity contribution in [3.05, 3.63) is 76.4 Å². The highest BCUT2D eigenvalue weighted by Gasteiger charge is 2.11. The molecule has 142 valence electrons. The van der Waals surface area contributed by atoms with Crippen molar-refractivity contribution in [1.29, 1.82) is 0 Å². The molecule has 8 heteroatoms. The van der Waals surface area contributed by atoms with E-state index < -0.39 is 6.03 Å². The fourth-order valence-corrected chi connectivity index (χ4v) is 2.88. The minimum atomic E-state index is -0.765. The molecule has 2 aromatic carbocycles. The summed E-state index contributed by atoms with van der Waals surface area (Å²) >= 11 is 12.0. The number of amides is 2. The van der Waals surface area contributed by atoms with Gasteiger partial charge in [0, 0.05) is 27.4 Å². The van der Waals surface area contributed by atoms with Gasteiger partial charge < -0.3 is 11.5 Å². The van der Waals surface area contributed by atoms with Gasteiger partial charge in [0.25, 0.3) is 0 Å². The van der Waals surface area contributed by atoms with E-state index in [1.165, 1.54) is 0 Å². The third kappa shape index (κ3) is 5.00. The van der Waals surface area contributed by atoms with E-state index in [2.05, 4.69) is 15.3 Å². The Morgan fingerprint density at radius 1 is 0.964 bits per heavy atom. The number of nitrogens with two attached hydrogens (primary N) is 2. The highest BCUT2D eigenvalue weighted by molar-refractivity contribution is 6.31. The van der Waals surface area contributed by atoms with Gasteiger partial charge in [-0.15, -0.1) is 0 Å². The molecule has 2 amide bonds. The first-order chi connectivity index (χ1) is 13.4. The van der Waals surface area contributed by atoms with Gasteiger partial charge in [0.2, 0.25) is 0 Å². The van der Waals surface area contributed by atoms with Crippen LogP contribution in [0.2, 0.25) is 10.0 Å². The molecule has 0 aliphatic carbocycles. The number of rotatable bonds is 4. The number of nitrogens with one attached hydrogen (secondary N) is 1. The van der Waals surface area contributed by atoms with Gasteiger partial charge in [-0.2, -0.15) is 0 Å². The summed E-state index contributed by atoms with van der Waals surface area (Å²) in [6.45, 7) is 0.237. The molecule has 0 aliphatic heterocycles. The normalized spacial score (nSPS) is 11.3. The lowest BCUT2D eigenvalue weighted by Crippen LogP contribution is -2.40. The van der Waals surface area contributed by atoms with Crippen LogP contribution in [0.3, 0.4) is 0 Å². The van der Waals surface area contributed by atoms with E-state index in [-0.39, 0.29) is 12.5 Å². The Balaban J connectivity index is 2.02. The lowest BCUT2D eigenvalue weighted by Gasteiger charge is -2.12. The molecule has 28 heavy (non-hydrogen) atoms. The zero-order chi connectivity index (χ0) is 20.1. The molecular formula is C20H17Cl2N5O. The number of carbonyl (C=O) groups is 1. The topological polar surface area (TPSA) is 106 Å². The molecular weight excluding hydrogens is 397 g/mol. The van der Waals surface area contributed by atoms with E-state index in [1.54, 1.807) is 6.20 Å². The lowest BCUT2D eigenvalue weighted by atomic mass is 9.98. The Kier molecular flexibility index (Phi) is 6.13. The van der Waals surface area contributed by atoms with E-state index in [9.17, 15) is 4.79 Å². The largest absolute Gasteiger partial charge is 0.370 e. The highest BCUT2D eigenvalue weighted by Crippen LogP contribution is 2.32. The molecule has 1 aromatic heterocycles. The second-order valence-electron chi connectivity index (χ2n) is 5.94. The molecule has 0 spiro atoms. The summed E-state index contributed by atoms with van der Waals surface area (Å²) in [5, 5.41) is 3.53. The quantitative estimate of drug-likeness (QED) is 0.440. The Morgan fingerprint density at radius 2 is 1.54 bits per heavy atom. The molecule has 0 fully saturated rings. The Hall–Kier alpha value is -3.09. The molecule has 3 aromatic rings. The molecule has 0 atom stereocenters. The number of carbonyl (C=O) groups excluding carboxylic acids is 1. The van der Waals surface area contributed by atoms with Crippen molar-refractivity contribution in [2.45, 2.75) is 6.54 Å². The lowest BCUT2D eigenvalue weighted by molar-refractivity contribution is 0.253. The maximum absolute atomic E-state index is 10.8. The second kappa shape index (κ2) is 8.73. The first-order valence-electron chi connectivity index (χ1n) is 8.29. The number of benzene rings is 2. The molecule has 0 saturated carbocycles. The number of guanidine groups is 1. The third-order valence-corrected chi connectivity index (χ3v) is 4.40. The number of pyridine rings is 1. The number of halogens is 2. The highest BCUT2D eigenvalue weighted by atomic mass is 35.5. The Labute approximate surface area is 172 Å². The molecule has 0 radical (unpaired) electrons. The zero-order valence-corrected chi connectivity index (χ0v) is 16.2. The van der Waals surface area contributed by atoms with Crippen LogP contribution >= 0.6 is 23.2 Å². The molecule has 1 heterocycles. The average Bonchev–Trinajstić information content (AvgIpc) is 2.67. The fraction of sp³-hybridized carbons (Fsp3) is 0.0500. The first kappa shape index (κ1) is 19.7. The second-order valence-corrected chi connectivity index (χ2v) is 6.82. The van der Waals surface area contributed by atoms with Crippen molar-refractivity contribution in [1.82, 2.24) is 10.3 Å². The van der Waals surface area contributed by atoms with Gasteiger partial charge in [-0.1, -0.05) is 47.5 Å². The van der Waals surface area contributed by atoms with Gasteiger partial charge in [0.1, 0.15) is 0 Å². The predicted molar refractivity (Wildman–Crippen MR) is 113 cm³/mol. The van der Waals surface area contributed by atoms with Crippen LogP contribution in [-0.4, -0.2) is 17.0 Å². The molecule has 0 saturated heterocycles. The number of urea groups is 1. The molecule has 0 unspecified atom stereocenters. The van der Waals surface area contributed by atoms with Gasteiger partial charge in [-0.25, -0.2) is 9.79 Å². The monoisotopic (exact) mass is 413 g/mol. The van der Waals surface area contributed by atoms with Crippen molar-refractivity contribution >= 4 is 35.2 Å². The summed E-state index contributed by atoms with van der Waals surface area (Å²) in [6.07, 6.45) is 1.71. The van der Waals surface area contributed by atoms with Gasteiger partial charge in [-0.3, -0.25) is 10.3 Å². The summed E-state index contributed by atoms with van der Waals surface area (Å²) in [4.78, 5) is 19.6. The van der Waals surface area contributed by atoms with Crippen molar-refractivity contribution in [2.75, 3.05) is 0 Å². The van der Waals surface area contributed by atoms with E-state index in [0.717, 1.165) is 27.9 Å². The van der Waals surface area contributed by atoms with E-state index in [1.807, 2.05) is 54.6 Å². The van der Waals surface area contributed by atoms with Crippen LogP contribution in [0, 0.1) is 0 Å². The van der Waals surface area contributed by atoms with E-state index in [0.29, 0.717) is 10.0 Å². The number of primary amides is 1. The number of aromatic nitrogens is 1. The van der Waals surface area contributed by atoms with Crippen molar-refractivity contribution in [3.8, 4) is 22.4 Å². The number of hydrogen-bond acceptors (Lipinski definition) is 3. The number of nitrogens with zero attached hydrogens (tertiary/aromatic N) is 2. The summed E-state index contributed by atoms with van der Waals surface area (Å²) in [5.41, 5.74) is 15.1. The zero-order valence-electron chi connectivity index (χ0n) is 14.7. The van der Waals surface area contributed by atoms with Gasteiger partial charge in [0.15, 0.2) is 5.96 Å². The minimum absolute atomic E-state index is 0.0534. The van der Waals surface area contributed by atoms with Crippen LogP contribution in [0.25, 0.3) is 22.4 Å². The predicted octanol–water partition coefficient (Wildman–Crippen LogP) is 4.21. The average molecular weight is 414 g/mol. The van der Waals surface area contributed by atoms with Crippen molar-refractivity contribution in [2.24, 2.45) is 16.5 Å². The molecule has 3 rings (SSSR count). The third-order valence-electron chi connectivity index (χ3n) is 3.90. The van der Waals surface area contributed by atoms with Crippen LogP contribution in [0.4, 0.5) is 4.79 Å². The summed E-state index contributed by atoms with van der Waals surface area (Å²) in [7, 11) is 0. The maximum atomic E-state index is 10.8. The van der Waals surface area contributed by atoms with Gasteiger partial charge >= 0.3 is 6.03 Å². The smallest absolute Gasteiger partial charge is 0.318 e. The maximum Gasteiger partial charge on any atom is 0.318 e. The summed E-state index contributed by atoms with van der Waals surface area (Å²) in [6, 6.07) is 16.2. The fourth-order valence-electron chi connectivity index (χ4n) is 2.62. The van der Waals surface area contributed by atoms with E-state index in [4.69, 9.17) is 34.7 Å². The van der Waals surface area contributed by atoms with E-state index >= 15 is 0 Å². The summed E-state index contributed by atoms with van der Waals surface area (Å²) in [5.74, 6) is -0.0534. The SMILES string of the molecule is NC(=O)NC(N)=NCc1cnc(-c2ccc(Cl)cc2)c(-c2ccc(Cl)cc2)c1. The Bertz CT molecular complexity index is 1020. The van der Waals surface area contributed by atoms with Crippen molar-refractivity contribution < 1.29 is 4.79 Å². The van der Waals surface area contributed by atoms with Crippen molar-refractivity contribution in [3.63, 3.8) is 0 Å². The van der Waals surface area contributed by atoms with Crippen LogP contribution in [-0.2, 0) is 6.54 Å². The molecule has 6 nitrogen and oxygen atoms in total. The molecule has 0 bridgehead atoms. The number of aliphatic imine (C=N–C) groups is 1. The Morgan fingerprint density at radius 3 is 2.11 bits per heavy atom. The van der Waals surface area contributed by atoms with Gasteiger partial charge in [-0.05, 0) is 41.5 Å². The number of hydrogen-bond donors (Lipinski definition) is 3. The van der Waals surface area contributed by atoms with Crippen LogP contribution < -0.4 is 16.8 Å². The van der Waals surface area contributed by atoms with Crippen LogP contribution in [0.5, 0.6) is 0 Å². The molecule has 5 N–H and O–H groups in total. The summed E-state index contributed by atoms with van der Waals surface area (Å²) < 4.78 is 0. The van der Waals surface area contributed by atoms with Gasteiger partial charge in [0.05, 0.1) is 12.2 Å². The standard InChI is InChI=1S/C20H17Cl2N5O/c21-15-5-1-13(2-6-15)17-9-12(11-26-19(23)27-20(24)28)10-25-18(17)14-3-7-16(22)8-4-14/h1-10H,11H2,(H5,23,24,26,27,28). The molecule has 0 aliphatic rings. The minimum Gasteiger partial charge on any atom is -0.370 e.